The lowest BCUT2D eigenvalue weighted by molar-refractivity contribution is -0.137. The Morgan fingerprint density at radius 1 is 1.06 bits per heavy atom. The number of carbonyl (C=O) groups is 2. The van der Waals surface area contributed by atoms with Crippen LogP contribution in [-0.4, -0.2) is 66.6 Å². The quantitative estimate of drug-likeness (QED) is 0.563. The van der Waals surface area contributed by atoms with E-state index >= 15 is 0 Å². The number of H-pyrrole nitrogens is 1. The molecule has 34 heavy (non-hydrogen) atoms. The summed E-state index contributed by atoms with van der Waals surface area (Å²) in [5.41, 5.74) is 3.50. The SMILES string of the molecule is CC(=O)N[C@@H](Cc1c[nH]c2ccccc12)C(=O)N1CCN(S(=O)(=O)c2cc(C)ccc2C)CC1. The third-order valence-corrected chi connectivity index (χ3v) is 8.33. The van der Waals surface area contributed by atoms with E-state index in [0.29, 0.717) is 16.9 Å². The fourth-order valence-electron chi connectivity index (χ4n) is 4.46. The Hall–Kier alpha value is -3.17. The van der Waals surface area contributed by atoms with Crippen LogP contribution in [0.3, 0.4) is 0 Å². The molecule has 2 N–H and O–H groups in total. The van der Waals surface area contributed by atoms with E-state index in [4.69, 9.17) is 0 Å². The lowest BCUT2D eigenvalue weighted by Gasteiger charge is -2.36. The van der Waals surface area contributed by atoms with E-state index in [1.54, 1.807) is 17.9 Å². The average Bonchev–Trinajstić information content (AvgIpc) is 3.22. The molecular formula is C25H30N4O4S. The van der Waals surface area contributed by atoms with Crippen molar-refractivity contribution in [2.75, 3.05) is 26.2 Å². The monoisotopic (exact) mass is 482 g/mol. The van der Waals surface area contributed by atoms with Crippen molar-refractivity contribution in [3.8, 4) is 0 Å². The number of hydrogen-bond acceptors (Lipinski definition) is 4. The van der Waals surface area contributed by atoms with Crippen LogP contribution < -0.4 is 5.32 Å². The lowest BCUT2D eigenvalue weighted by Crippen LogP contribution is -2.56. The normalized spacial score (nSPS) is 15.9. The number of carbonyl (C=O) groups excluding carboxylic acids is 2. The van der Waals surface area contributed by atoms with E-state index in [-0.39, 0.29) is 38.0 Å². The molecule has 2 aromatic carbocycles. The van der Waals surface area contributed by atoms with Crippen LogP contribution in [0.25, 0.3) is 10.9 Å². The average molecular weight is 483 g/mol. The van der Waals surface area contributed by atoms with Gasteiger partial charge in [-0.3, -0.25) is 9.59 Å². The van der Waals surface area contributed by atoms with E-state index < -0.39 is 16.1 Å². The number of nitrogens with one attached hydrogen (secondary N) is 2. The number of aryl methyl sites for hydroxylation is 2. The molecule has 0 saturated carbocycles. The number of nitrogens with zero attached hydrogens (tertiary/aromatic N) is 2. The van der Waals surface area contributed by atoms with E-state index in [1.807, 2.05) is 49.5 Å². The molecule has 1 atom stereocenters. The summed E-state index contributed by atoms with van der Waals surface area (Å²) in [5.74, 6) is -0.487. The summed E-state index contributed by atoms with van der Waals surface area (Å²) in [6, 6.07) is 12.5. The molecule has 1 aromatic heterocycles. The van der Waals surface area contributed by atoms with E-state index in [2.05, 4.69) is 10.3 Å². The van der Waals surface area contributed by atoms with Crippen LogP contribution in [0, 0.1) is 13.8 Å². The number of sulfonamides is 1. The zero-order chi connectivity index (χ0) is 24.5. The van der Waals surface area contributed by atoms with Gasteiger partial charge in [0.15, 0.2) is 0 Å². The van der Waals surface area contributed by atoms with Gasteiger partial charge in [-0.2, -0.15) is 4.31 Å². The van der Waals surface area contributed by atoms with Gasteiger partial charge in [-0.25, -0.2) is 8.42 Å². The first-order chi connectivity index (χ1) is 16.2. The fourth-order valence-corrected chi connectivity index (χ4v) is 6.19. The van der Waals surface area contributed by atoms with Crippen molar-refractivity contribution >= 4 is 32.7 Å². The highest BCUT2D eigenvalue weighted by Gasteiger charge is 2.33. The molecule has 3 aromatic rings. The standard InChI is InChI=1S/C25H30N4O4S/c1-17-8-9-18(2)24(14-17)34(32,33)29-12-10-28(11-13-29)25(31)23(27-19(3)30)15-20-16-26-22-7-5-4-6-21(20)22/h4-9,14,16,23,26H,10-13,15H2,1-3H3,(H,27,30)/t23-/m0/s1. The molecule has 0 radical (unpaired) electrons. The largest absolute Gasteiger partial charge is 0.361 e. The van der Waals surface area contributed by atoms with Gasteiger partial charge < -0.3 is 15.2 Å². The zero-order valence-corrected chi connectivity index (χ0v) is 20.5. The molecule has 0 aliphatic carbocycles. The molecule has 2 heterocycles. The highest BCUT2D eigenvalue weighted by Crippen LogP contribution is 2.23. The first-order valence-electron chi connectivity index (χ1n) is 11.3. The van der Waals surface area contributed by atoms with Gasteiger partial charge in [0.2, 0.25) is 21.8 Å². The molecule has 0 unspecified atom stereocenters. The molecule has 1 fully saturated rings. The summed E-state index contributed by atoms with van der Waals surface area (Å²) in [5, 5.41) is 3.79. The summed E-state index contributed by atoms with van der Waals surface area (Å²) in [6.07, 6.45) is 2.21. The van der Waals surface area contributed by atoms with E-state index in [0.717, 1.165) is 22.0 Å². The first kappa shape index (κ1) is 24.0. The van der Waals surface area contributed by atoms with E-state index in [9.17, 15) is 18.0 Å². The number of aromatic amines is 1. The van der Waals surface area contributed by atoms with Crippen LogP contribution in [0.15, 0.2) is 53.6 Å². The molecule has 1 saturated heterocycles. The van der Waals surface area contributed by atoms with Gasteiger partial charge >= 0.3 is 0 Å². The maximum absolute atomic E-state index is 13.4. The minimum atomic E-state index is -3.65. The van der Waals surface area contributed by atoms with Crippen molar-refractivity contribution in [2.45, 2.75) is 38.1 Å². The number of amides is 2. The van der Waals surface area contributed by atoms with Crippen LogP contribution >= 0.6 is 0 Å². The third-order valence-electron chi connectivity index (χ3n) is 6.29. The van der Waals surface area contributed by atoms with Crippen LogP contribution in [0.4, 0.5) is 0 Å². The predicted molar refractivity (Wildman–Crippen MR) is 131 cm³/mol. The second-order valence-corrected chi connectivity index (χ2v) is 10.7. The maximum atomic E-state index is 13.4. The number of fused-ring (bicyclic) bond motifs is 1. The highest BCUT2D eigenvalue weighted by molar-refractivity contribution is 7.89. The van der Waals surface area contributed by atoms with Gasteiger partial charge in [-0.15, -0.1) is 0 Å². The Labute approximate surface area is 200 Å². The van der Waals surface area contributed by atoms with Gasteiger partial charge in [-0.05, 0) is 42.7 Å². The summed E-state index contributed by atoms with van der Waals surface area (Å²) >= 11 is 0. The number of rotatable bonds is 6. The zero-order valence-electron chi connectivity index (χ0n) is 19.7. The Bertz CT molecular complexity index is 1320. The van der Waals surface area contributed by atoms with Crippen molar-refractivity contribution in [3.05, 3.63) is 65.4 Å². The molecule has 0 spiro atoms. The second-order valence-electron chi connectivity index (χ2n) is 8.82. The van der Waals surface area contributed by atoms with Gasteiger partial charge in [-0.1, -0.05) is 30.3 Å². The number of benzene rings is 2. The van der Waals surface area contributed by atoms with Gasteiger partial charge in [0, 0.05) is 56.6 Å². The number of para-hydroxylation sites is 1. The van der Waals surface area contributed by atoms with Crippen molar-refractivity contribution < 1.29 is 18.0 Å². The molecule has 0 bridgehead atoms. The predicted octanol–water partition coefficient (Wildman–Crippen LogP) is 2.37. The number of hydrogen-bond donors (Lipinski definition) is 2. The van der Waals surface area contributed by atoms with Gasteiger partial charge in [0.1, 0.15) is 6.04 Å². The molecule has 9 heteroatoms. The van der Waals surface area contributed by atoms with E-state index in [1.165, 1.54) is 11.2 Å². The second kappa shape index (κ2) is 9.60. The third kappa shape index (κ3) is 4.85. The number of piperazine rings is 1. The Morgan fingerprint density at radius 3 is 2.47 bits per heavy atom. The van der Waals surface area contributed by atoms with Crippen LogP contribution in [0.2, 0.25) is 0 Å². The number of aromatic nitrogens is 1. The molecular weight excluding hydrogens is 452 g/mol. The minimum Gasteiger partial charge on any atom is -0.361 e. The molecule has 1 aliphatic heterocycles. The van der Waals surface area contributed by atoms with Crippen LogP contribution in [-0.2, 0) is 26.0 Å². The Kier molecular flexibility index (Phi) is 6.77. The topological polar surface area (TPSA) is 103 Å². The molecule has 180 valence electrons. The summed E-state index contributed by atoms with van der Waals surface area (Å²) < 4.78 is 27.9. The van der Waals surface area contributed by atoms with Crippen LogP contribution in [0.1, 0.15) is 23.6 Å². The summed E-state index contributed by atoms with van der Waals surface area (Å²) in [6.45, 7) is 6.01. The van der Waals surface area contributed by atoms with Crippen LogP contribution in [0.5, 0.6) is 0 Å². The fraction of sp³-hybridized carbons (Fsp3) is 0.360. The van der Waals surface area contributed by atoms with Gasteiger partial charge in [0.05, 0.1) is 4.90 Å². The van der Waals surface area contributed by atoms with Crippen molar-refractivity contribution in [2.24, 2.45) is 0 Å². The molecule has 2 amide bonds. The van der Waals surface area contributed by atoms with Crippen molar-refractivity contribution in [1.29, 1.82) is 0 Å². The Balaban J connectivity index is 1.48. The minimum absolute atomic E-state index is 0.204. The first-order valence-corrected chi connectivity index (χ1v) is 12.8. The highest BCUT2D eigenvalue weighted by atomic mass is 32.2. The lowest BCUT2D eigenvalue weighted by atomic mass is 10.0. The smallest absolute Gasteiger partial charge is 0.245 e. The van der Waals surface area contributed by atoms with Crippen molar-refractivity contribution in [1.82, 2.24) is 19.5 Å². The Morgan fingerprint density at radius 2 is 1.76 bits per heavy atom. The molecule has 4 rings (SSSR count). The van der Waals surface area contributed by atoms with Gasteiger partial charge in [0.25, 0.3) is 0 Å². The summed E-state index contributed by atoms with van der Waals surface area (Å²) in [7, 11) is -3.65. The summed E-state index contributed by atoms with van der Waals surface area (Å²) in [4.78, 5) is 30.4. The molecule has 8 nitrogen and oxygen atoms in total. The molecule has 1 aliphatic rings. The van der Waals surface area contributed by atoms with Crippen molar-refractivity contribution in [3.63, 3.8) is 0 Å². The maximum Gasteiger partial charge on any atom is 0.245 e.